The second kappa shape index (κ2) is 6.00. The smallest absolute Gasteiger partial charge is 0.337 e. The highest BCUT2D eigenvalue weighted by atomic mass is 32.2. The molecule has 2 rings (SSSR count). The number of carbonyl (C=O) groups is 1. The zero-order valence-electron chi connectivity index (χ0n) is 11.7. The summed E-state index contributed by atoms with van der Waals surface area (Å²) in [6, 6.07) is 3.80. The van der Waals surface area contributed by atoms with E-state index in [0.717, 1.165) is 6.07 Å². The molecule has 1 aliphatic heterocycles. The SMILES string of the molecule is COCC1CCN(S(=O)(=O)c2ccc(N)cc2C(=O)O)C1. The van der Waals surface area contributed by atoms with Gasteiger partial charge in [0, 0.05) is 25.9 Å². The summed E-state index contributed by atoms with van der Waals surface area (Å²) in [6.45, 7) is 1.18. The fraction of sp³-hybridized carbons (Fsp3) is 0.462. The second-order valence-corrected chi connectivity index (χ2v) is 6.94. The van der Waals surface area contributed by atoms with Crippen LogP contribution in [0.15, 0.2) is 23.1 Å². The lowest BCUT2D eigenvalue weighted by Gasteiger charge is -2.18. The van der Waals surface area contributed by atoms with Crippen LogP contribution in [-0.2, 0) is 14.8 Å². The summed E-state index contributed by atoms with van der Waals surface area (Å²) < 4.78 is 31.5. The third-order valence-electron chi connectivity index (χ3n) is 3.50. The van der Waals surface area contributed by atoms with Gasteiger partial charge in [-0.15, -0.1) is 0 Å². The molecular weight excluding hydrogens is 296 g/mol. The Bertz CT molecular complexity index is 644. The van der Waals surface area contributed by atoms with Crippen LogP contribution < -0.4 is 5.73 Å². The molecule has 1 heterocycles. The lowest BCUT2D eigenvalue weighted by atomic mass is 10.1. The highest BCUT2D eigenvalue weighted by molar-refractivity contribution is 7.89. The fourth-order valence-corrected chi connectivity index (χ4v) is 4.16. The molecule has 1 aromatic rings. The van der Waals surface area contributed by atoms with Gasteiger partial charge < -0.3 is 15.6 Å². The Labute approximate surface area is 123 Å². The number of rotatable bonds is 5. The van der Waals surface area contributed by atoms with Gasteiger partial charge >= 0.3 is 5.97 Å². The maximum Gasteiger partial charge on any atom is 0.337 e. The number of ether oxygens (including phenoxy) is 1. The van der Waals surface area contributed by atoms with Gasteiger partial charge in [-0.2, -0.15) is 4.31 Å². The Hall–Kier alpha value is -1.64. The van der Waals surface area contributed by atoms with E-state index >= 15 is 0 Å². The highest BCUT2D eigenvalue weighted by Crippen LogP contribution is 2.27. The van der Waals surface area contributed by atoms with Crippen molar-refractivity contribution >= 4 is 21.7 Å². The molecule has 21 heavy (non-hydrogen) atoms. The maximum atomic E-state index is 12.6. The van der Waals surface area contributed by atoms with Crippen LogP contribution >= 0.6 is 0 Å². The topological polar surface area (TPSA) is 110 Å². The number of carboxylic acids is 1. The Morgan fingerprint density at radius 2 is 2.24 bits per heavy atom. The monoisotopic (exact) mass is 314 g/mol. The van der Waals surface area contributed by atoms with E-state index in [1.165, 1.54) is 16.4 Å². The van der Waals surface area contributed by atoms with Gasteiger partial charge in [0.2, 0.25) is 10.0 Å². The lowest BCUT2D eigenvalue weighted by Crippen LogP contribution is -2.30. The number of methoxy groups -OCH3 is 1. The molecule has 0 amide bonds. The van der Waals surface area contributed by atoms with Gasteiger partial charge in [0.05, 0.1) is 17.1 Å². The minimum Gasteiger partial charge on any atom is -0.478 e. The van der Waals surface area contributed by atoms with E-state index in [9.17, 15) is 18.3 Å². The van der Waals surface area contributed by atoms with Crippen LogP contribution in [0, 0.1) is 5.92 Å². The van der Waals surface area contributed by atoms with E-state index in [2.05, 4.69) is 0 Å². The van der Waals surface area contributed by atoms with Gasteiger partial charge in [-0.3, -0.25) is 0 Å². The molecule has 0 aromatic heterocycles. The number of nitrogens with two attached hydrogens (primary N) is 1. The minimum absolute atomic E-state index is 0.131. The number of carboxylic acid groups (broad SMARTS) is 1. The normalized spacial score (nSPS) is 19.8. The summed E-state index contributed by atoms with van der Waals surface area (Å²) in [5, 5.41) is 9.17. The van der Waals surface area contributed by atoms with Crippen LogP contribution in [-0.4, -0.2) is 50.6 Å². The van der Waals surface area contributed by atoms with E-state index in [1.807, 2.05) is 0 Å². The van der Waals surface area contributed by atoms with Gasteiger partial charge in [-0.05, 0) is 30.5 Å². The minimum atomic E-state index is -3.84. The molecule has 116 valence electrons. The maximum absolute atomic E-state index is 12.6. The van der Waals surface area contributed by atoms with Crippen molar-refractivity contribution in [1.82, 2.24) is 4.31 Å². The number of nitrogen functional groups attached to an aromatic ring is 1. The number of benzene rings is 1. The highest BCUT2D eigenvalue weighted by Gasteiger charge is 2.34. The standard InChI is InChI=1S/C13H18N2O5S/c1-20-8-9-4-5-15(7-9)21(18,19)12-3-2-10(14)6-11(12)13(16)17/h2-3,6,9H,4-5,7-8,14H2,1H3,(H,16,17). The van der Waals surface area contributed by atoms with E-state index in [1.54, 1.807) is 7.11 Å². The molecule has 0 radical (unpaired) electrons. The first-order valence-corrected chi connectivity index (χ1v) is 7.92. The van der Waals surface area contributed by atoms with Crippen molar-refractivity contribution in [2.45, 2.75) is 11.3 Å². The molecule has 0 bridgehead atoms. The first-order valence-electron chi connectivity index (χ1n) is 6.48. The summed E-state index contributed by atoms with van der Waals surface area (Å²) in [6.07, 6.45) is 0.699. The van der Waals surface area contributed by atoms with Crippen LogP contribution in [0.2, 0.25) is 0 Å². The predicted molar refractivity (Wildman–Crippen MR) is 76.6 cm³/mol. The van der Waals surface area contributed by atoms with Gasteiger partial charge in [0.1, 0.15) is 0 Å². The summed E-state index contributed by atoms with van der Waals surface area (Å²) in [5.74, 6) is -1.18. The van der Waals surface area contributed by atoms with Crippen LogP contribution in [0.5, 0.6) is 0 Å². The average molecular weight is 314 g/mol. The zero-order valence-corrected chi connectivity index (χ0v) is 12.5. The van der Waals surface area contributed by atoms with Crippen molar-refractivity contribution in [3.05, 3.63) is 23.8 Å². The van der Waals surface area contributed by atoms with E-state index in [-0.39, 0.29) is 22.1 Å². The number of nitrogens with zero attached hydrogens (tertiary/aromatic N) is 1. The number of anilines is 1. The van der Waals surface area contributed by atoms with Crippen LogP contribution in [0.1, 0.15) is 16.8 Å². The third kappa shape index (κ3) is 3.17. The summed E-state index contributed by atoms with van der Waals surface area (Å²) >= 11 is 0. The molecule has 8 heteroatoms. The van der Waals surface area contributed by atoms with Crippen molar-refractivity contribution in [3.8, 4) is 0 Å². The molecule has 0 aliphatic carbocycles. The quantitative estimate of drug-likeness (QED) is 0.771. The molecule has 7 nitrogen and oxygen atoms in total. The van der Waals surface area contributed by atoms with E-state index < -0.39 is 16.0 Å². The number of aromatic carboxylic acids is 1. The van der Waals surface area contributed by atoms with Crippen LogP contribution in [0.25, 0.3) is 0 Å². The predicted octanol–water partition coefficient (Wildman–Crippen LogP) is 0.624. The number of sulfonamides is 1. The summed E-state index contributed by atoms with van der Waals surface area (Å²) in [4.78, 5) is 11.0. The average Bonchev–Trinajstić information content (AvgIpc) is 2.88. The van der Waals surface area contributed by atoms with Crippen LogP contribution in [0.4, 0.5) is 5.69 Å². The molecule has 1 aliphatic rings. The Morgan fingerprint density at radius 3 is 2.86 bits per heavy atom. The molecule has 1 saturated heterocycles. The molecule has 1 unspecified atom stereocenters. The molecule has 1 atom stereocenters. The van der Waals surface area contributed by atoms with Crippen molar-refractivity contribution in [2.75, 3.05) is 32.5 Å². The third-order valence-corrected chi connectivity index (χ3v) is 5.43. The molecule has 3 N–H and O–H groups in total. The molecule has 0 spiro atoms. The lowest BCUT2D eigenvalue weighted by molar-refractivity contribution is 0.0692. The second-order valence-electron chi connectivity index (χ2n) is 5.03. The van der Waals surface area contributed by atoms with Crippen molar-refractivity contribution < 1.29 is 23.1 Å². The van der Waals surface area contributed by atoms with Gasteiger partial charge in [-0.25, -0.2) is 13.2 Å². The fourth-order valence-electron chi connectivity index (χ4n) is 2.47. The van der Waals surface area contributed by atoms with Crippen molar-refractivity contribution in [3.63, 3.8) is 0 Å². The van der Waals surface area contributed by atoms with Gasteiger partial charge in [0.25, 0.3) is 0 Å². The van der Waals surface area contributed by atoms with Crippen LogP contribution in [0.3, 0.4) is 0 Å². The summed E-state index contributed by atoms with van der Waals surface area (Å²) in [5.41, 5.74) is 5.45. The first kappa shape index (κ1) is 15.7. The largest absolute Gasteiger partial charge is 0.478 e. The molecule has 1 aromatic carbocycles. The van der Waals surface area contributed by atoms with Gasteiger partial charge in [0.15, 0.2) is 0 Å². The summed E-state index contributed by atoms with van der Waals surface area (Å²) in [7, 11) is -2.27. The first-order chi connectivity index (χ1) is 9.86. The Morgan fingerprint density at radius 1 is 1.52 bits per heavy atom. The molecule has 0 saturated carbocycles. The molecular formula is C13H18N2O5S. The Balaban J connectivity index is 2.35. The Kier molecular flexibility index (Phi) is 4.50. The van der Waals surface area contributed by atoms with E-state index in [4.69, 9.17) is 10.5 Å². The zero-order chi connectivity index (χ0) is 15.6. The molecule has 1 fully saturated rings. The van der Waals surface area contributed by atoms with Crippen molar-refractivity contribution in [1.29, 1.82) is 0 Å². The number of hydrogen-bond donors (Lipinski definition) is 2. The number of hydrogen-bond acceptors (Lipinski definition) is 5. The van der Waals surface area contributed by atoms with E-state index in [0.29, 0.717) is 26.1 Å². The van der Waals surface area contributed by atoms with Crippen molar-refractivity contribution in [2.24, 2.45) is 5.92 Å². The van der Waals surface area contributed by atoms with Gasteiger partial charge in [-0.1, -0.05) is 0 Å².